The van der Waals surface area contributed by atoms with Gasteiger partial charge in [0.15, 0.2) is 0 Å². The van der Waals surface area contributed by atoms with Crippen molar-refractivity contribution in [1.82, 2.24) is 0 Å². The molecule has 0 saturated heterocycles. The molecule has 0 aliphatic heterocycles. The zero-order valence-electron chi connectivity index (χ0n) is 9.30. The smallest absolute Gasteiger partial charge is 0.308 e. The van der Waals surface area contributed by atoms with Gasteiger partial charge in [0.1, 0.15) is 0 Å². The van der Waals surface area contributed by atoms with Crippen molar-refractivity contribution in [1.29, 1.82) is 0 Å². The van der Waals surface area contributed by atoms with E-state index in [1.807, 2.05) is 13.8 Å². The van der Waals surface area contributed by atoms with Crippen molar-refractivity contribution < 1.29 is 9.53 Å². The molecule has 0 heterocycles. The fraction of sp³-hybridized carbons (Fsp3) is 0.909. The zero-order valence-corrected chi connectivity index (χ0v) is 9.30. The fourth-order valence-electron chi connectivity index (χ4n) is 0.973. The third kappa shape index (κ3) is 6.62. The highest BCUT2D eigenvalue weighted by atomic mass is 16.5. The van der Waals surface area contributed by atoms with Crippen LogP contribution in [-0.4, -0.2) is 12.6 Å². The largest absolute Gasteiger partial charge is 0.465 e. The Kier molecular flexibility index (Phi) is 6.65. The number of carbonyl (C=O) groups is 1. The minimum absolute atomic E-state index is 0.0498. The predicted octanol–water partition coefficient (Wildman–Crippen LogP) is 3.01. The highest BCUT2D eigenvalue weighted by Crippen LogP contribution is 2.06. The Morgan fingerprint density at radius 2 is 1.92 bits per heavy atom. The second-order valence-electron chi connectivity index (χ2n) is 4.01. The van der Waals surface area contributed by atoms with Crippen LogP contribution in [0.15, 0.2) is 0 Å². The van der Waals surface area contributed by atoms with Crippen LogP contribution in [0.25, 0.3) is 0 Å². The van der Waals surface area contributed by atoms with Gasteiger partial charge in [0.2, 0.25) is 0 Å². The first-order valence-corrected chi connectivity index (χ1v) is 5.24. The van der Waals surface area contributed by atoms with Crippen LogP contribution in [0.4, 0.5) is 0 Å². The first-order chi connectivity index (χ1) is 6.07. The molecule has 78 valence electrons. The van der Waals surface area contributed by atoms with Crippen LogP contribution < -0.4 is 0 Å². The Morgan fingerprint density at radius 3 is 2.38 bits per heavy atom. The molecule has 0 spiro atoms. The Hall–Kier alpha value is -0.530. The standard InChI is InChI=1S/C11H22O2/c1-5-10(4)11(12)13-8-6-7-9(2)3/h9-10H,5-8H2,1-4H3. The van der Waals surface area contributed by atoms with Gasteiger partial charge in [-0.15, -0.1) is 0 Å². The van der Waals surface area contributed by atoms with Crippen molar-refractivity contribution in [2.45, 2.75) is 47.0 Å². The summed E-state index contributed by atoms with van der Waals surface area (Å²) in [5.74, 6) is 0.701. The van der Waals surface area contributed by atoms with Crippen LogP contribution in [0.2, 0.25) is 0 Å². The molecule has 0 saturated carbocycles. The van der Waals surface area contributed by atoms with Gasteiger partial charge in [0, 0.05) is 0 Å². The molecule has 2 heteroatoms. The van der Waals surface area contributed by atoms with Crippen LogP contribution in [-0.2, 0) is 9.53 Å². The molecule has 0 radical (unpaired) electrons. The molecule has 0 aliphatic rings. The molecule has 0 bridgehead atoms. The maximum absolute atomic E-state index is 11.2. The van der Waals surface area contributed by atoms with E-state index < -0.39 is 0 Å². The summed E-state index contributed by atoms with van der Waals surface area (Å²) >= 11 is 0. The third-order valence-corrected chi connectivity index (χ3v) is 2.18. The summed E-state index contributed by atoms with van der Waals surface area (Å²) in [7, 11) is 0. The Bertz CT molecular complexity index is 141. The van der Waals surface area contributed by atoms with E-state index in [1.165, 1.54) is 0 Å². The quantitative estimate of drug-likeness (QED) is 0.471. The summed E-state index contributed by atoms with van der Waals surface area (Å²) in [6.45, 7) is 8.85. The van der Waals surface area contributed by atoms with Gasteiger partial charge in [-0.1, -0.05) is 27.7 Å². The summed E-state index contributed by atoms with van der Waals surface area (Å²) < 4.78 is 5.11. The van der Waals surface area contributed by atoms with Gasteiger partial charge in [0.05, 0.1) is 12.5 Å². The Labute approximate surface area is 81.7 Å². The second-order valence-corrected chi connectivity index (χ2v) is 4.01. The minimum Gasteiger partial charge on any atom is -0.465 e. The van der Waals surface area contributed by atoms with Gasteiger partial charge in [-0.2, -0.15) is 0 Å². The Balaban J connectivity index is 3.37. The molecule has 0 aliphatic carbocycles. The van der Waals surface area contributed by atoms with Crippen molar-refractivity contribution in [2.24, 2.45) is 11.8 Å². The van der Waals surface area contributed by atoms with Crippen LogP contribution in [0, 0.1) is 11.8 Å². The number of hydrogen-bond acceptors (Lipinski definition) is 2. The first-order valence-electron chi connectivity index (χ1n) is 5.24. The van der Waals surface area contributed by atoms with Crippen molar-refractivity contribution in [3.05, 3.63) is 0 Å². The lowest BCUT2D eigenvalue weighted by atomic mass is 10.1. The van der Waals surface area contributed by atoms with E-state index in [-0.39, 0.29) is 11.9 Å². The number of ether oxygens (including phenoxy) is 1. The average molecular weight is 186 g/mol. The van der Waals surface area contributed by atoms with Crippen molar-refractivity contribution >= 4 is 5.97 Å². The summed E-state index contributed by atoms with van der Waals surface area (Å²) in [5, 5.41) is 0. The lowest BCUT2D eigenvalue weighted by molar-refractivity contribution is -0.148. The number of esters is 1. The molecule has 0 fully saturated rings. The van der Waals surface area contributed by atoms with Crippen LogP contribution in [0.1, 0.15) is 47.0 Å². The number of carbonyl (C=O) groups excluding carboxylic acids is 1. The molecule has 0 aromatic carbocycles. The van der Waals surface area contributed by atoms with E-state index in [4.69, 9.17) is 4.74 Å². The summed E-state index contributed by atoms with van der Waals surface area (Å²) in [6.07, 6.45) is 2.98. The molecule has 13 heavy (non-hydrogen) atoms. The predicted molar refractivity (Wildman–Crippen MR) is 54.5 cm³/mol. The average Bonchev–Trinajstić information content (AvgIpc) is 2.10. The van der Waals surface area contributed by atoms with E-state index in [0.29, 0.717) is 12.5 Å². The molecule has 0 aromatic rings. The molecular formula is C11H22O2. The molecule has 0 amide bonds. The van der Waals surface area contributed by atoms with Crippen LogP contribution >= 0.6 is 0 Å². The second kappa shape index (κ2) is 6.93. The monoisotopic (exact) mass is 186 g/mol. The van der Waals surface area contributed by atoms with Gasteiger partial charge in [-0.05, 0) is 25.2 Å². The van der Waals surface area contributed by atoms with Gasteiger partial charge in [0.25, 0.3) is 0 Å². The Morgan fingerprint density at radius 1 is 1.31 bits per heavy atom. The van der Waals surface area contributed by atoms with Crippen molar-refractivity contribution in [3.8, 4) is 0 Å². The lowest BCUT2D eigenvalue weighted by Gasteiger charge is -2.09. The van der Waals surface area contributed by atoms with Crippen LogP contribution in [0.5, 0.6) is 0 Å². The van der Waals surface area contributed by atoms with E-state index in [9.17, 15) is 4.79 Å². The van der Waals surface area contributed by atoms with E-state index in [2.05, 4.69) is 13.8 Å². The van der Waals surface area contributed by atoms with E-state index >= 15 is 0 Å². The highest BCUT2D eigenvalue weighted by Gasteiger charge is 2.10. The van der Waals surface area contributed by atoms with Gasteiger partial charge in [-0.3, -0.25) is 4.79 Å². The molecule has 2 nitrogen and oxygen atoms in total. The van der Waals surface area contributed by atoms with Crippen molar-refractivity contribution in [3.63, 3.8) is 0 Å². The third-order valence-electron chi connectivity index (χ3n) is 2.18. The molecule has 0 N–H and O–H groups in total. The number of rotatable bonds is 6. The highest BCUT2D eigenvalue weighted by molar-refractivity contribution is 5.71. The maximum Gasteiger partial charge on any atom is 0.308 e. The van der Waals surface area contributed by atoms with Gasteiger partial charge < -0.3 is 4.74 Å². The van der Waals surface area contributed by atoms with Gasteiger partial charge in [-0.25, -0.2) is 0 Å². The minimum atomic E-state index is -0.0498. The summed E-state index contributed by atoms with van der Waals surface area (Å²) in [6, 6.07) is 0. The first kappa shape index (κ1) is 12.5. The van der Waals surface area contributed by atoms with Crippen molar-refractivity contribution in [2.75, 3.05) is 6.61 Å². The molecule has 1 atom stereocenters. The SMILES string of the molecule is CCC(C)C(=O)OCCCC(C)C. The van der Waals surface area contributed by atoms with E-state index in [1.54, 1.807) is 0 Å². The molecule has 1 unspecified atom stereocenters. The molecule has 0 aromatic heterocycles. The van der Waals surface area contributed by atoms with E-state index in [0.717, 1.165) is 19.3 Å². The zero-order chi connectivity index (χ0) is 10.3. The lowest BCUT2D eigenvalue weighted by Crippen LogP contribution is -2.14. The summed E-state index contributed by atoms with van der Waals surface area (Å²) in [4.78, 5) is 11.2. The molecule has 0 rings (SSSR count). The molecular weight excluding hydrogens is 164 g/mol. The number of hydrogen-bond donors (Lipinski definition) is 0. The maximum atomic E-state index is 11.2. The fourth-order valence-corrected chi connectivity index (χ4v) is 0.973. The van der Waals surface area contributed by atoms with Gasteiger partial charge >= 0.3 is 5.97 Å². The normalized spacial score (nSPS) is 13.0. The van der Waals surface area contributed by atoms with Crippen LogP contribution in [0.3, 0.4) is 0 Å². The summed E-state index contributed by atoms with van der Waals surface area (Å²) in [5.41, 5.74) is 0. The topological polar surface area (TPSA) is 26.3 Å².